The molecule has 0 fully saturated rings. The summed E-state index contributed by atoms with van der Waals surface area (Å²) in [5, 5.41) is 0. The molecule has 1 aliphatic carbocycles. The molecule has 56 valence electrons. The lowest BCUT2D eigenvalue weighted by Crippen LogP contribution is -1.94. The average molecular weight is 136 g/mol. The van der Waals surface area contributed by atoms with Gasteiger partial charge in [0.05, 0.1) is 0 Å². The van der Waals surface area contributed by atoms with Gasteiger partial charge in [0, 0.05) is 0 Å². The summed E-state index contributed by atoms with van der Waals surface area (Å²) in [6.45, 7) is 10.5. The molecule has 0 saturated heterocycles. The molecule has 0 aromatic rings. The van der Waals surface area contributed by atoms with Crippen molar-refractivity contribution in [1.82, 2.24) is 0 Å². The maximum absolute atomic E-state index is 3.94. The van der Waals surface area contributed by atoms with Crippen LogP contribution in [-0.2, 0) is 0 Å². The maximum atomic E-state index is 3.94. The van der Waals surface area contributed by atoms with Crippen molar-refractivity contribution in [3.8, 4) is 0 Å². The number of hydrogen-bond acceptors (Lipinski definition) is 0. The van der Waals surface area contributed by atoms with Gasteiger partial charge in [0.1, 0.15) is 0 Å². The van der Waals surface area contributed by atoms with E-state index in [4.69, 9.17) is 0 Å². The van der Waals surface area contributed by atoms with E-state index in [9.17, 15) is 0 Å². The number of hydrogen-bond donors (Lipinski definition) is 0. The fourth-order valence-electron chi connectivity index (χ4n) is 1.29. The number of allylic oxidation sites excluding steroid dienone is 3. The lowest BCUT2D eigenvalue weighted by molar-refractivity contribution is 0.729. The van der Waals surface area contributed by atoms with Gasteiger partial charge >= 0.3 is 0 Å². The normalized spacial score (nSPS) is 25.5. The van der Waals surface area contributed by atoms with Gasteiger partial charge in [-0.2, -0.15) is 0 Å². The maximum Gasteiger partial charge on any atom is -0.00167 e. The lowest BCUT2D eigenvalue weighted by Gasteiger charge is -2.07. The molecule has 1 rings (SSSR count). The summed E-state index contributed by atoms with van der Waals surface area (Å²) in [6, 6.07) is 0. The van der Waals surface area contributed by atoms with Crippen molar-refractivity contribution in [3.63, 3.8) is 0 Å². The SMILES string of the molecule is C=C(C)C(C)C1=CC1CC. The van der Waals surface area contributed by atoms with E-state index in [0.717, 1.165) is 5.92 Å². The van der Waals surface area contributed by atoms with Crippen molar-refractivity contribution in [2.75, 3.05) is 0 Å². The standard InChI is InChI=1S/C10H16/c1-5-9-6-10(9)8(4)7(2)3/h6,8-9H,2,5H2,1,3-4H3. The average Bonchev–Trinajstić information content (AvgIpc) is 2.64. The van der Waals surface area contributed by atoms with Crippen molar-refractivity contribution < 1.29 is 0 Å². The second kappa shape index (κ2) is 2.61. The van der Waals surface area contributed by atoms with E-state index in [-0.39, 0.29) is 0 Å². The van der Waals surface area contributed by atoms with Gasteiger partial charge in [0.25, 0.3) is 0 Å². The minimum Gasteiger partial charge on any atom is -0.0995 e. The van der Waals surface area contributed by atoms with Gasteiger partial charge < -0.3 is 0 Å². The zero-order valence-corrected chi connectivity index (χ0v) is 7.15. The number of rotatable bonds is 3. The molecule has 0 heterocycles. The highest BCUT2D eigenvalue weighted by Crippen LogP contribution is 2.40. The third-order valence-corrected chi connectivity index (χ3v) is 2.39. The van der Waals surface area contributed by atoms with Crippen LogP contribution in [0.25, 0.3) is 0 Å². The molecule has 0 aromatic heterocycles. The van der Waals surface area contributed by atoms with E-state index in [1.165, 1.54) is 12.0 Å². The molecule has 10 heavy (non-hydrogen) atoms. The van der Waals surface area contributed by atoms with Gasteiger partial charge in [-0.1, -0.05) is 37.6 Å². The summed E-state index contributed by atoms with van der Waals surface area (Å²) in [6.07, 6.45) is 3.63. The van der Waals surface area contributed by atoms with Crippen LogP contribution in [0.2, 0.25) is 0 Å². The van der Waals surface area contributed by atoms with Crippen LogP contribution in [0.5, 0.6) is 0 Å². The minimum absolute atomic E-state index is 0.630. The first-order valence-electron chi connectivity index (χ1n) is 4.03. The highest BCUT2D eigenvalue weighted by molar-refractivity contribution is 5.35. The Morgan fingerprint density at radius 1 is 1.80 bits per heavy atom. The topological polar surface area (TPSA) is 0 Å². The van der Waals surface area contributed by atoms with E-state index in [1.807, 2.05) is 0 Å². The summed E-state index contributed by atoms with van der Waals surface area (Å²) in [4.78, 5) is 0. The van der Waals surface area contributed by atoms with Crippen molar-refractivity contribution in [2.24, 2.45) is 11.8 Å². The third kappa shape index (κ3) is 1.31. The highest BCUT2D eigenvalue weighted by Gasteiger charge is 2.27. The summed E-state index contributed by atoms with van der Waals surface area (Å²) in [5.41, 5.74) is 2.90. The summed E-state index contributed by atoms with van der Waals surface area (Å²) < 4.78 is 0. The van der Waals surface area contributed by atoms with Crippen LogP contribution in [0.3, 0.4) is 0 Å². The lowest BCUT2D eigenvalue weighted by atomic mass is 9.98. The predicted molar refractivity (Wildman–Crippen MR) is 45.8 cm³/mol. The van der Waals surface area contributed by atoms with Gasteiger partial charge in [-0.05, 0) is 25.2 Å². The van der Waals surface area contributed by atoms with Crippen LogP contribution in [0.4, 0.5) is 0 Å². The van der Waals surface area contributed by atoms with Crippen LogP contribution in [-0.4, -0.2) is 0 Å². The van der Waals surface area contributed by atoms with Gasteiger partial charge in [-0.3, -0.25) is 0 Å². The smallest absolute Gasteiger partial charge is 0.00167 e. The van der Waals surface area contributed by atoms with Gasteiger partial charge in [0.2, 0.25) is 0 Å². The molecule has 0 saturated carbocycles. The first-order valence-corrected chi connectivity index (χ1v) is 4.03. The van der Waals surface area contributed by atoms with E-state index >= 15 is 0 Å². The van der Waals surface area contributed by atoms with Crippen molar-refractivity contribution in [3.05, 3.63) is 23.8 Å². The summed E-state index contributed by atoms with van der Waals surface area (Å²) in [7, 11) is 0. The first-order chi connectivity index (χ1) is 4.66. The fraction of sp³-hybridized carbons (Fsp3) is 0.600. The van der Waals surface area contributed by atoms with Crippen molar-refractivity contribution in [2.45, 2.75) is 27.2 Å². The van der Waals surface area contributed by atoms with Crippen molar-refractivity contribution >= 4 is 0 Å². The minimum atomic E-state index is 0.630. The summed E-state index contributed by atoms with van der Waals surface area (Å²) >= 11 is 0. The van der Waals surface area contributed by atoms with E-state index < -0.39 is 0 Å². The largest absolute Gasteiger partial charge is 0.0995 e. The van der Waals surface area contributed by atoms with Gasteiger partial charge in [-0.25, -0.2) is 0 Å². The predicted octanol–water partition coefficient (Wildman–Crippen LogP) is 3.16. The van der Waals surface area contributed by atoms with Crippen LogP contribution >= 0.6 is 0 Å². The molecule has 2 atom stereocenters. The zero-order chi connectivity index (χ0) is 7.72. The van der Waals surface area contributed by atoms with E-state index in [0.29, 0.717) is 5.92 Å². The molecule has 0 amide bonds. The molecule has 0 aromatic carbocycles. The quantitative estimate of drug-likeness (QED) is 0.523. The van der Waals surface area contributed by atoms with Gasteiger partial charge in [0.15, 0.2) is 0 Å². The van der Waals surface area contributed by atoms with Crippen LogP contribution in [0.1, 0.15) is 27.2 Å². The zero-order valence-electron chi connectivity index (χ0n) is 7.15. The molecule has 2 unspecified atom stereocenters. The van der Waals surface area contributed by atoms with E-state index in [1.54, 1.807) is 5.57 Å². The second-order valence-corrected chi connectivity index (χ2v) is 3.25. The van der Waals surface area contributed by atoms with Crippen molar-refractivity contribution in [1.29, 1.82) is 0 Å². The van der Waals surface area contributed by atoms with Crippen LogP contribution in [0.15, 0.2) is 23.8 Å². The molecule has 0 aliphatic heterocycles. The molecule has 0 heteroatoms. The Labute approximate surface area is 63.6 Å². The van der Waals surface area contributed by atoms with E-state index in [2.05, 4.69) is 33.4 Å². The van der Waals surface area contributed by atoms with Crippen LogP contribution < -0.4 is 0 Å². The monoisotopic (exact) mass is 136 g/mol. The Morgan fingerprint density at radius 2 is 2.40 bits per heavy atom. The Balaban J connectivity index is 2.39. The molecular formula is C10H16. The molecule has 0 radical (unpaired) electrons. The Hall–Kier alpha value is -0.520. The highest BCUT2D eigenvalue weighted by atomic mass is 14.3. The van der Waals surface area contributed by atoms with Crippen LogP contribution in [0, 0.1) is 11.8 Å². The molecule has 0 nitrogen and oxygen atoms in total. The fourth-order valence-corrected chi connectivity index (χ4v) is 1.29. The first kappa shape index (κ1) is 7.59. The Kier molecular flexibility index (Phi) is 1.98. The molecule has 0 bridgehead atoms. The second-order valence-electron chi connectivity index (χ2n) is 3.25. The third-order valence-electron chi connectivity index (χ3n) is 2.39. The molecular weight excluding hydrogens is 120 g/mol. The molecule has 0 spiro atoms. The molecule has 1 aliphatic rings. The summed E-state index contributed by atoms with van der Waals surface area (Å²) in [5.74, 6) is 1.44. The molecule has 0 N–H and O–H groups in total. The Bertz CT molecular complexity index is 174. The van der Waals surface area contributed by atoms with Gasteiger partial charge in [-0.15, -0.1) is 0 Å². The Morgan fingerprint density at radius 3 is 2.70 bits per heavy atom.